The second kappa shape index (κ2) is 3.97. The third-order valence-corrected chi connectivity index (χ3v) is 3.78. The average molecular weight is 208 g/mol. The summed E-state index contributed by atoms with van der Waals surface area (Å²) in [6, 6.07) is 0. The number of carbonyl (C=O) groups is 1. The van der Waals surface area contributed by atoms with E-state index < -0.39 is 0 Å². The van der Waals surface area contributed by atoms with Crippen molar-refractivity contribution in [2.24, 2.45) is 5.41 Å². The maximum atomic E-state index is 11.6. The van der Waals surface area contributed by atoms with Gasteiger partial charge < -0.3 is 9.80 Å². The summed E-state index contributed by atoms with van der Waals surface area (Å²) >= 11 is 0. The molecule has 0 aromatic carbocycles. The molecule has 0 aliphatic carbocycles. The first kappa shape index (κ1) is 10.7. The lowest BCUT2D eigenvalue weighted by atomic mass is 9.79. The van der Waals surface area contributed by atoms with Crippen LogP contribution in [0.25, 0.3) is 0 Å². The van der Waals surface area contributed by atoms with Crippen molar-refractivity contribution in [2.45, 2.75) is 19.3 Å². The van der Waals surface area contributed by atoms with E-state index in [1.807, 2.05) is 4.90 Å². The lowest BCUT2D eigenvalue weighted by Crippen LogP contribution is -2.46. The summed E-state index contributed by atoms with van der Waals surface area (Å²) in [5.74, 6) is 0.101. The summed E-state index contributed by atoms with van der Waals surface area (Å²) < 4.78 is 0. The zero-order valence-electron chi connectivity index (χ0n) is 9.54. The number of rotatable bonds is 1. The van der Waals surface area contributed by atoms with Crippen LogP contribution in [0.15, 0.2) is 12.7 Å². The smallest absolute Gasteiger partial charge is 0.245 e. The summed E-state index contributed by atoms with van der Waals surface area (Å²) in [7, 11) is 2.17. The molecule has 2 fully saturated rings. The Morgan fingerprint density at radius 3 is 2.73 bits per heavy atom. The summed E-state index contributed by atoms with van der Waals surface area (Å²) in [4.78, 5) is 15.9. The van der Waals surface area contributed by atoms with Gasteiger partial charge in [-0.25, -0.2) is 0 Å². The Morgan fingerprint density at radius 1 is 1.33 bits per heavy atom. The Kier molecular flexibility index (Phi) is 2.83. The number of carbonyl (C=O) groups excluding carboxylic acids is 1. The van der Waals surface area contributed by atoms with Crippen LogP contribution in [-0.4, -0.2) is 48.9 Å². The fraction of sp³-hybridized carbons (Fsp3) is 0.750. The van der Waals surface area contributed by atoms with Crippen molar-refractivity contribution in [3.05, 3.63) is 12.7 Å². The monoisotopic (exact) mass is 208 g/mol. The molecule has 3 heteroatoms. The zero-order valence-corrected chi connectivity index (χ0v) is 9.54. The topological polar surface area (TPSA) is 23.6 Å². The Hall–Kier alpha value is -0.830. The number of piperidine rings is 1. The first-order chi connectivity index (χ1) is 7.15. The number of amides is 1. The van der Waals surface area contributed by atoms with Gasteiger partial charge in [0.15, 0.2) is 0 Å². The van der Waals surface area contributed by atoms with E-state index in [1.165, 1.54) is 25.5 Å². The molecule has 3 nitrogen and oxygen atoms in total. The lowest BCUT2D eigenvalue weighted by Gasteiger charge is -2.40. The molecule has 15 heavy (non-hydrogen) atoms. The Labute approximate surface area is 91.7 Å². The molecular weight excluding hydrogens is 188 g/mol. The molecule has 0 N–H and O–H groups in total. The standard InChI is InChI=1S/C12H20N2O/c1-3-11(15)14-7-4-5-12(10-14)6-8-13(2)9-12/h3H,1,4-10H2,2H3. The first-order valence-electron chi connectivity index (χ1n) is 5.75. The van der Waals surface area contributed by atoms with Gasteiger partial charge in [-0.05, 0) is 38.9 Å². The Morgan fingerprint density at radius 2 is 2.13 bits per heavy atom. The van der Waals surface area contributed by atoms with E-state index in [4.69, 9.17) is 0 Å². The molecule has 1 unspecified atom stereocenters. The quantitative estimate of drug-likeness (QED) is 0.603. The number of nitrogens with zero attached hydrogens (tertiary/aromatic N) is 2. The predicted molar refractivity (Wildman–Crippen MR) is 60.6 cm³/mol. The van der Waals surface area contributed by atoms with Gasteiger partial charge in [-0.3, -0.25) is 4.79 Å². The number of likely N-dealkylation sites (tertiary alicyclic amines) is 2. The third-order valence-electron chi connectivity index (χ3n) is 3.78. The van der Waals surface area contributed by atoms with Crippen LogP contribution < -0.4 is 0 Å². The SMILES string of the molecule is C=CC(=O)N1CCCC2(CCN(C)C2)C1. The van der Waals surface area contributed by atoms with Crippen LogP contribution >= 0.6 is 0 Å². The van der Waals surface area contributed by atoms with Gasteiger partial charge in [-0.2, -0.15) is 0 Å². The van der Waals surface area contributed by atoms with Crippen LogP contribution in [-0.2, 0) is 4.79 Å². The van der Waals surface area contributed by atoms with Gasteiger partial charge in [0.05, 0.1) is 0 Å². The molecule has 0 aromatic rings. The van der Waals surface area contributed by atoms with Crippen LogP contribution in [0.2, 0.25) is 0 Å². The predicted octanol–water partition coefficient (Wildman–Crippen LogP) is 1.12. The maximum absolute atomic E-state index is 11.6. The van der Waals surface area contributed by atoms with Crippen molar-refractivity contribution >= 4 is 5.91 Å². The minimum atomic E-state index is 0.101. The first-order valence-corrected chi connectivity index (χ1v) is 5.75. The molecule has 1 spiro atoms. The van der Waals surface area contributed by atoms with Gasteiger partial charge in [0.25, 0.3) is 0 Å². The molecule has 2 heterocycles. The molecule has 0 aromatic heterocycles. The highest BCUT2D eigenvalue weighted by Crippen LogP contribution is 2.38. The van der Waals surface area contributed by atoms with Gasteiger partial charge in [-0.15, -0.1) is 0 Å². The van der Waals surface area contributed by atoms with Crippen LogP contribution in [0.1, 0.15) is 19.3 Å². The van der Waals surface area contributed by atoms with Gasteiger partial charge >= 0.3 is 0 Å². The van der Waals surface area contributed by atoms with Gasteiger partial charge in [0.2, 0.25) is 5.91 Å². The second-order valence-electron chi connectivity index (χ2n) is 5.06. The second-order valence-corrected chi connectivity index (χ2v) is 5.06. The van der Waals surface area contributed by atoms with Gasteiger partial charge in [0, 0.05) is 25.0 Å². The van der Waals surface area contributed by atoms with Crippen LogP contribution in [0, 0.1) is 5.41 Å². The highest BCUT2D eigenvalue weighted by Gasteiger charge is 2.40. The van der Waals surface area contributed by atoms with Crippen molar-refractivity contribution < 1.29 is 4.79 Å². The molecule has 2 rings (SSSR count). The molecule has 2 aliphatic heterocycles. The highest BCUT2D eigenvalue weighted by molar-refractivity contribution is 5.87. The zero-order chi connectivity index (χ0) is 10.9. The molecule has 2 saturated heterocycles. The van der Waals surface area contributed by atoms with Crippen LogP contribution in [0.5, 0.6) is 0 Å². The molecule has 1 atom stereocenters. The van der Waals surface area contributed by atoms with E-state index in [-0.39, 0.29) is 5.91 Å². The normalized spacial score (nSPS) is 32.2. The third kappa shape index (κ3) is 2.07. The minimum absolute atomic E-state index is 0.101. The van der Waals surface area contributed by atoms with E-state index >= 15 is 0 Å². The van der Waals surface area contributed by atoms with E-state index in [2.05, 4.69) is 18.5 Å². The molecule has 2 aliphatic rings. The van der Waals surface area contributed by atoms with Crippen LogP contribution in [0.4, 0.5) is 0 Å². The van der Waals surface area contributed by atoms with E-state index in [9.17, 15) is 4.79 Å². The average Bonchev–Trinajstić information content (AvgIpc) is 2.59. The lowest BCUT2D eigenvalue weighted by molar-refractivity contribution is -0.129. The van der Waals surface area contributed by atoms with Crippen molar-refractivity contribution in [1.82, 2.24) is 9.80 Å². The van der Waals surface area contributed by atoms with Crippen molar-refractivity contribution in [3.63, 3.8) is 0 Å². The van der Waals surface area contributed by atoms with E-state index in [0.717, 1.165) is 26.1 Å². The maximum Gasteiger partial charge on any atom is 0.245 e. The number of hydrogen-bond acceptors (Lipinski definition) is 2. The summed E-state index contributed by atoms with van der Waals surface area (Å²) in [6.07, 6.45) is 5.10. The molecule has 0 saturated carbocycles. The highest BCUT2D eigenvalue weighted by atomic mass is 16.2. The number of hydrogen-bond donors (Lipinski definition) is 0. The van der Waals surface area contributed by atoms with E-state index in [1.54, 1.807) is 0 Å². The fourth-order valence-corrected chi connectivity index (χ4v) is 3.02. The fourth-order valence-electron chi connectivity index (χ4n) is 3.02. The van der Waals surface area contributed by atoms with Gasteiger partial charge in [0.1, 0.15) is 0 Å². The molecule has 0 bridgehead atoms. The summed E-state index contributed by atoms with van der Waals surface area (Å²) in [5.41, 5.74) is 0.381. The minimum Gasteiger partial charge on any atom is -0.339 e. The molecule has 1 amide bonds. The van der Waals surface area contributed by atoms with Crippen molar-refractivity contribution in [2.75, 3.05) is 33.2 Å². The Bertz CT molecular complexity index is 273. The largest absolute Gasteiger partial charge is 0.339 e. The van der Waals surface area contributed by atoms with Gasteiger partial charge in [-0.1, -0.05) is 6.58 Å². The van der Waals surface area contributed by atoms with Crippen molar-refractivity contribution in [3.8, 4) is 0 Å². The summed E-state index contributed by atoms with van der Waals surface area (Å²) in [5, 5.41) is 0. The van der Waals surface area contributed by atoms with Crippen molar-refractivity contribution in [1.29, 1.82) is 0 Å². The Balaban J connectivity index is 2.03. The molecular formula is C12H20N2O. The van der Waals surface area contributed by atoms with E-state index in [0.29, 0.717) is 5.41 Å². The van der Waals surface area contributed by atoms with Crippen LogP contribution in [0.3, 0.4) is 0 Å². The summed E-state index contributed by atoms with van der Waals surface area (Å²) in [6.45, 7) is 7.73. The molecule has 0 radical (unpaired) electrons. The molecule has 84 valence electrons.